The standard InChI is InChI=1S/C21H22N4O2/c1-13-10-11-17(12-14(13)2)19-20(26)18(24-25(19)4)15(3)22-23-21(27)16-8-6-5-7-9-16/h5-12,26H,1-4H3,(H,23,27)/b22-15+. The molecule has 0 radical (unpaired) electrons. The van der Waals surface area contributed by atoms with Crippen LogP contribution in [0.4, 0.5) is 0 Å². The molecular weight excluding hydrogens is 340 g/mol. The molecule has 1 aromatic heterocycles. The minimum Gasteiger partial charge on any atom is -0.504 e. The highest BCUT2D eigenvalue weighted by Gasteiger charge is 2.19. The molecule has 6 nitrogen and oxygen atoms in total. The van der Waals surface area contributed by atoms with Crippen LogP contribution >= 0.6 is 0 Å². The number of benzene rings is 2. The molecule has 138 valence electrons. The fourth-order valence-electron chi connectivity index (χ4n) is 2.81. The summed E-state index contributed by atoms with van der Waals surface area (Å²) in [6.45, 7) is 5.76. The van der Waals surface area contributed by atoms with Crippen LogP contribution in [0.1, 0.15) is 34.1 Å². The predicted octanol–water partition coefficient (Wildman–Crippen LogP) is 3.56. The number of carbonyl (C=O) groups is 1. The maximum atomic E-state index is 12.1. The summed E-state index contributed by atoms with van der Waals surface area (Å²) < 4.78 is 1.62. The summed E-state index contributed by atoms with van der Waals surface area (Å²) in [5.74, 6) is -0.282. The van der Waals surface area contributed by atoms with Crippen LogP contribution in [-0.2, 0) is 7.05 Å². The van der Waals surface area contributed by atoms with Gasteiger partial charge in [-0.3, -0.25) is 9.48 Å². The minimum atomic E-state index is -0.320. The Morgan fingerprint density at radius 1 is 1.11 bits per heavy atom. The van der Waals surface area contributed by atoms with Crippen LogP contribution < -0.4 is 5.43 Å². The first kappa shape index (κ1) is 18.4. The highest BCUT2D eigenvalue weighted by molar-refractivity contribution is 6.02. The van der Waals surface area contributed by atoms with E-state index in [0.717, 1.165) is 11.1 Å². The first-order chi connectivity index (χ1) is 12.9. The average molecular weight is 362 g/mol. The number of nitrogens with zero attached hydrogens (tertiary/aromatic N) is 3. The Balaban J connectivity index is 1.89. The van der Waals surface area contributed by atoms with Gasteiger partial charge in [0.2, 0.25) is 0 Å². The van der Waals surface area contributed by atoms with Crippen molar-refractivity contribution in [1.29, 1.82) is 0 Å². The minimum absolute atomic E-state index is 0.0379. The second kappa shape index (κ2) is 7.45. The quantitative estimate of drug-likeness (QED) is 0.550. The van der Waals surface area contributed by atoms with Gasteiger partial charge in [-0.15, -0.1) is 0 Å². The summed E-state index contributed by atoms with van der Waals surface area (Å²) in [5, 5.41) is 19.2. The van der Waals surface area contributed by atoms with Crippen LogP contribution in [0.2, 0.25) is 0 Å². The van der Waals surface area contributed by atoms with Crippen molar-refractivity contribution in [2.75, 3.05) is 0 Å². The van der Waals surface area contributed by atoms with E-state index in [1.165, 1.54) is 5.56 Å². The molecule has 3 rings (SSSR count). The fraction of sp³-hybridized carbons (Fsp3) is 0.190. The molecule has 0 bridgehead atoms. The van der Waals surface area contributed by atoms with E-state index in [-0.39, 0.29) is 11.7 Å². The van der Waals surface area contributed by atoms with Crippen molar-refractivity contribution >= 4 is 11.6 Å². The topological polar surface area (TPSA) is 79.5 Å². The number of aromatic hydroxyl groups is 1. The lowest BCUT2D eigenvalue weighted by Gasteiger charge is -2.06. The number of rotatable bonds is 4. The van der Waals surface area contributed by atoms with Gasteiger partial charge in [0.05, 0.1) is 5.71 Å². The second-order valence-corrected chi connectivity index (χ2v) is 6.47. The van der Waals surface area contributed by atoms with Gasteiger partial charge in [0.15, 0.2) is 11.4 Å². The lowest BCUT2D eigenvalue weighted by molar-refractivity contribution is 0.0955. The zero-order chi connectivity index (χ0) is 19.6. The Kier molecular flexibility index (Phi) is 5.07. The SMILES string of the molecule is C/C(=N\NC(=O)c1ccccc1)c1nn(C)c(-c2ccc(C)c(C)c2)c1O. The first-order valence-electron chi connectivity index (χ1n) is 8.62. The van der Waals surface area contributed by atoms with E-state index in [1.807, 2.05) is 38.1 Å². The Morgan fingerprint density at radius 3 is 2.48 bits per heavy atom. The van der Waals surface area contributed by atoms with Crippen molar-refractivity contribution in [2.45, 2.75) is 20.8 Å². The van der Waals surface area contributed by atoms with Crippen molar-refractivity contribution in [3.8, 4) is 17.0 Å². The highest BCUT2D eigenvalue weighted by Crippen LogP contribution is 2.33. The van der Waals surface area contributed by atoms with E-state index >= 15 is 0 Å². The average Bonchev–Trinajstić information content (AvgIpc) is 2.97. The number of nitrogens with one attached hydrogen (secondary N) is 1. The molecule has 0 aliphatic rings. The van der Waals surface area contributed by atoms with Crippen molar-refractivity contribution in [3.05, 3.63) is 70.9 Å². The maximum absolute atomic E-state index is 12.1. The van der Waals surface area contributed by atoms with E-state index < -0.39 is 0 Å². The van der Waals surface area contributed by atoms with Crippen molar-refractivity contribution in [3.63, 3.8) is 0 Å². The Labute approximate surface area is 158 Å². The lowest BCUT2D eigenvalue weighted by Crippen LogP contribution is -2.19. The third kappa shape index (κ3) is 3.74. The first-order valence-corrected chi connectivity index (χ1v) is 8.62. The molecule has 27 heavy (non-hydrogen) atoms. The number of hydrogen-bond acceptors (Lipinski definition) is 4. The molecule has 1 heterocycles. The van der Waals surface area contributed by atoms with Crippen LogP contribution in [0.5, 0.6) is 5.75 Å². The molecule has 2 N–H and O–H groups in total. The Hall–Kier alpha value is -3.41. The Morgan fingerprint density at radius 2 is 1.81 bits per heavy atom. The Bertz CT molecular complexity index is 1020. The maximum Gasteiger partial charge on any atom is 0.271 e. The van der Waals surface area contributed by atoms with Gasteiger partial charge in [-0.2, -0.15) is 10.2 Å². The van der Waals surface area contributed by atoms with Gasteiger partial charge in [0, 0.05) is 18.2 Å². The lowest BCUT2D eigenvalue weighted by atomic mass is 10.0. The van der Waals surface area contributed by atoms with Crippen LogP contribution in [0, 0.1) is 13.8 Å². The number of hydrogen-bond donors (Lipinski definition) is 2. The molecule has 0 saturated heterocycles. The zero-order valence-electron chi connectivity index (χ0n) is 15.8. The van der Waals surface area contributed by atoms with E-state index in [2.05, 4.69) is 15.6 Å². The molecule has 0 aliphatic heterocycles. The van der Waals surface area contributed by atoms with E-state index in [1.54, 1.807) is 42.9 Å². The smallest absolute Gasteiger partial charge is 0.271 e. The molecule has 3 aromatic rings. The third-order valence-corrected chi connectivity index (χ3v) is 4.51. The third-order valence-electron chi connectivity index (χ3n) is 4.51. The van der Waals surface area contributed by atoms with Crippen molar-refractivity contribution in [1.82, 2.24) is 15.2 Å². The molecule has 0 unspecified atom stereocenters. The number of aromatic nitrogens is 2. The van der Waals surface area contributed by atoms with Crippen LogP contribution in [0.3, 0.4) is 0 Å². The number of amides is 1. The molecule has 0 saturated carbocycles. The molecular formula is C21H22N4O2. The normalized spacial score (nSPS) is 11.5. The summed E-state index contributed by atoms with van der Waals surface area (Å²) in [7, 11) is 1.77. The summed E-state index contributed by atoms with van der Waals surface area (Å²) in [6, 6.07) is 14.8. The summed E-state index contributed by atoms with van der Waals surface area (Å²) in [6.07, 6.45) is 0. The molecule has 6 heteroatoms. The van der Waals surface area contributed by atoms with Gasteiger partial charge >= 0.3 is 0 Å². The fourth-order valence-corrected chi connectivity index (χ4v) is 2.81. The highest BCUT2D eigenvalue weighted by atomic mass is 16.3. The molecule has 0 atom stereocenters. The second-order valence-electron chi connectivity index (χ2n) is 6.47. The van der Waals surface area contributed by atoms with Gasteiger partial charge in [-0.05, 0) is 50.1 Å². The molecule has 2 aromatic carbocycles. The number of hydrazone groups is 1. The van der Waals surface area contributed by atoms with Crippen LogP contribution in [-0.4, -0.2) is 26.5 Å². The summed E-state index contributed by atoms with van der Waals surface area (Å²) in [5.41, 5.74) is 7.56. The van der Waals surface area contributed by atoms with Gasteiger partial charge in [-0.25, -0.2) is 5.43 Å². The van der Waals surface area contributed by atoms with Crippen molar-refractivity contribution < 1.29 is 9.90 Å². The van der Waals surface area contributed by atoms with E-state index in [9.17, 15) is 9.90 Å². The van der Waals surface area contributed by atoms with Crippen molar-refractivity contribution in [2.24, 2.45) is 12.1 Å². The van der Waals surface area contributed by atoms with Gasteiger partial charge < -0.3 is 5.11 Å². The molecule has 1 amide bonds. The van der Waals surface area contributed by atoms with Gasteiger partial charge in [-0.1, -0.05) is 30.3 Å². The zero-order valence-corrected chi connectivity index (χ0v) is 15.8. The van der Waals surface area contributed by atoms with Gasteiger partial charge in [0.25, 0.3) is 5.91 Å². The molecule has 0 aliphatic carbocycles. The molecule has 0 spiro atoms. The monoisotopic (exact) mass is 362 g/mol. The largest absolute Gasteiger partial charge is 0.504 e. The predicted molar refractivity (Wildman–Crippen MR) is 106 cm³/mol. The molecule has 0 fully saturated rings. The van der Waals surface area contributed by atoms with E-state index in [0.29, 0.717) is 22.7 Å². The summed E-state index contributed by atoms with van der Waals surface area (Å²) >= 11 is 0. The number of aryl methyl sites for hydroxylation is 3. The van der Waals surface area contributed by atoms with Crippen LogP contribution in [0.15, 0.2) is 53.6 Å². The van der Waals surface area contributed by atoms with Crippen LogP contribution in [0.25, 0.3) is 11.3 Å². The summed E-state index contributed by atoms with van der Waals surface area (Å²) in [4.78, 5) is 12.1. The van der Waals surface area contributed by atoms with Gasteiger partial charge in [0.1, 0.15) is 5.69 Å². The van der Waals surface area contributed by atoms with E-state index in [4.69, 9.17) is 0 Å². The number of carbonyl (C=O) groups excluding carboxylic acids is 1.